The maximum absolute atomic E-state index is 12.8. The maximum Gasteiger partial charge on any atom is 0.306 e. The Bertz CT molecular complexity index is 1310. The van der Waals surface area contributed by atoms with E-state index in [0.717, 1.165) is 116 Å². The summed E-state index contributed by atoms with van der Waals surface area (Å²) in [6, 6.07) is 0. The van der Waals surface area contributed by atoms with Crippen LogP contribution in [-0.2, 0) is 28.6 Å². The van der Waals surface area contributed by atoms with Crippen LogP contribution in [-0.4, -0.2) is 37.2 Å². The fourth-order valence-electron chi connectivity index (χ4n) is 7.09. The van der Waals surface area contributed by atoms with Gasteiger partial charge in [-0.2, -0.15) is 0 Å². The zero-order chi connectivity index (χ0) is 47.2. The second kappa shape index (κ2) is 52.9. The van der Waals surface area contributed by atoms with E-state index >= 15 is 0 Å². The third-order valence-electron chi connectivity index (χ3n) is 11.1. The van der Waals surface area contributed by atoms with Gasteiger partial charge in [0.1, 0.15) is 13.2 Å². The van der Waals surface area contributed by atoms with Crippen LogP contribution in [0.5, 0.6) is 0 Å². The van der Waals surface area contributed by atoms with Gasteiger partial charge in [0.2, 0.25) is 0 Å². The Morgan fingerprint density at radius 1 is 0.323 bits per heavy atom. The number of carbonyl (C=O) groups excluding carboxylic acids is 3. The highest BCUT2D eigenvalue weighted by atomic mass is 16.6. The van der Waals surface area contributed by atoms with Crippen LogP contribution in [0, 0.1) is 0 Å². The normalized spacial score (nSPS) is 12.8. The zero-order valence-corrected chi connectivity index (χ0v) is 42.2. The van der Waals surface area contributed by atoms with Gasteiger partial charge in [0, 0.05) is 19.3 Å². The van der Waals surface area contributed by atoms with E-state index in [4.69, 9.17) is 14.2 Å². The van der Waals surface area contributed by atoms with Crippen molar-refractivity contribution in [2.24, 2.45) is 0 Å². The van der Waals surface area contributed by atoms with Crippen molar-refractivity contribution in [2.75, 3.05) is 13.2 Å². The number of rotatable bonds is 47. The van der Waals surface area contributed by atoms with E-state index in [1.165, 1.54) is 77.0 Å². The molecular formula is C59H98O6. The molecular weight excluding hydrogens is 805 g/mol. The second-order valence-corrected chi connectivity index (χ2v) is 17.4. The van der Waals surface area contributed by atoms with Gasteiger partial charge in [0.25, 0.3) is 0 Å². The molecule has 0 bridgehead atoms. The summed E-state index contributed by atoms with van der Waals surface area (Å²) >= 11 is 0. The van der Waals surface area contributed by atoms with Crippen molar-refractivity contribution in [3.05, 3.63) is 97.2 Å². The molecule has 0 saturated heterocycles. The number of hydrogen-bond acceptors (Lipinski definition) is 6. The summed E-state index contributed by atoms with van der Waals surface area (Å²) in [7, 11) is 0. The molecule has 0 aromatic heterocycles. The molecule has 6 nitrogen and oxygen atoms in total. The summed E-state index contributed by atoms with van der Waals surface area (Å²) in [5.41, 5.74) is 0. The van der Waals surface area contributed by atoms with Gasteiger partial charge in [-0.15, -0.1) is 0 Å². The van der Waals surface area contributed by atoms with Crippen molar-refractivity contribution in [1.82, 2.24) is 0 Å². The van der Waals surface area contributed by atoms with Crippen molar-refractivity contribution in [3.8, 4) is 0 Å². The molecule has 0 fully saturated rings. The minimum Gasteiger partial charge on any atom is -0.462 e. The van der Waals surface area contributed by atoms with Gasteiger partial charge in [-0.3, -0.25) is 14.4 Å². The lowest BCUT2D eigenvalue weighted by atomic mass is 10.1. The largest absolute Gasteiger partial charge is 0.462 e. The first-order valence-electron chi connectivity index (χ1n) is 26.7. The molecule has 0 aliphatic rings. The lowest BCUT2D eigenvalue weighted by Gasteiger charge is -2.18. The molecule has 0 saturated carbocycles. The fourth-order valence-corrected chi connectivity index (χ4v) is 7.09. The van der Waals surface area contributed by atoms with Crippen molar-refractivity contribution < 1.29 is 28.6 Å². The van der Waals surface area contributed by atoms with Crippen LogP contribution in [0.2, 0.25) is 0 Å². The Labute approximate surface area is 400 Å². The standard InChI is InChI=1S/C59H98O6/c1-4-7-10-13-16-19-22-25-28-29-32-34-37-40-43-46-49-52-58(61)64-55-56(65-59(62)53-50-47-44-41-38-35-31-27-24-21-18-15-12-9-6-3)54-63-57(60)51-48-45-42-39-36-33-30-26-23-20-17-14-11-8-5-2/h8-9,11-12,17-18,20-21,25-28,30-31,38,41,56H,4-7,10,13-16,19,22-24,29,32-37,39-40,42-55H2,1-3H3/b11-8-,12-9-,20-17-,21-18-,28-25-,30-26-,31-27-,41-38-. The summed E-state index contributed by atoms with van der Waals surface area (Å²) < 4.78 is 16.8. The Balaban J connectivity index is 4.48. The molecule has 6 heteroatoms. The van der Waals surface area contributed by atoms with Crippen molar-refractivity contribution in [1.29, 1.82) is 0 Å². The summed E-state index contributed by atoms with van der Waals surface area (Å²) in [6.45, 7) is 6.35. The van der Waals surface area contributed by atoms with E-state index in [0.29, 0.717) is 19.3 Å². The number of allylic oxidation sites excluding steroid dienone is 16. The van der Waals surface area contributed by atoms with Gasteiger partial charge < -0.3 is 14.2 Å². The summed E-state index contributed by atoms with van der Waals surface area (Å²) in [5, 5.41) is 0. The molecule has 0 heterocycles. The van der Waals surface area contributed by atoms with Crippen LogP contribution >= 0.6 is 0 Å². The Morgan fingerprint density at radius 3 is 0.985 bits per heavy atom. The van der Waals surface area contributed by atoms with Gasteiger partial charge in [-0.05, 0) is 116 Å². The van der Waals surface area contributed by atoms with E-state index in [2.05, 4.69) is 118 Å². The van der Waals surface area contributed by atoms with Crippen LogP contribution < -0.4 is 0 Å². The molecule has 0 rings (SSSR count). The maximum atomic E-state index is 12.8. The first kappa shape index (κ1) is 61.3. The van der Waals surface area contributed by atoms with Crippen molar-refractivity contribution in [3.63, 3.8) is 0 Å². The minimum absolute atomic E-state index is 0.103. The van der Waals surface area contributed by atoms with Crippen molar-refractivity contribution >= 4 is 17.9 Å². The van der Waals surface area contributed by atoms with Crippen LogP contribution in [0.25, 0.3) is 0 Å². The third-order valence-corrected chi connectivity index (χ3v) is 11.1. The van der Waals surface area contributed by atoms with E-state index in [1.54, 1.807) is 0 Å². The summed E-state index contributed by atoms with van der Waals surface area (Å²) in [4.78, 5) is 38.0. The number of esters is 3. The molecule has 0 amide bonds. The van der Waals surface area contributed by atoms with Gasteiger partial charge in [-0.1, -0.05) is 201 Å². The van der Waals surface area contributed by atoms with Crippen LogP contribution in [0.1, 0.15) is 239 Å². The quantitative estimate of drug-likeness (QED) is 0.0262. The Kier molecular flexibility index (Phi) is 50.0. The van der Waals surface area contributed by atoms with Gasteiger partial charge in [0.15, 0.2) is 6.10 Å². The molecule has 1 unspecified atom stereocenters. The molecule has 0 aliphatic carbocycles. The molecule has 0 radical (unpaired) electrons. The fraction of sp³-hybridized carbons (Fsp3) is 0.678. The smallest absolute Gasteiger partial charge is 0.306 e. The number of ether oxygens (including phenoxy) is 3. The van der Waals surface area contributed by atoms with Crippen LogP contribution in [0.4, 0.5) is 0 Å². The van der Waals surface area contributed by atoms with Gasteiger partial charge in [0.05, 0.1) is 0 Å². The first-order chi connectivity index (χ1) is 32.0. The van der Waals surface area contributed by atoms with Gasteiger partial charge >= 0.3 is 17.9 Å². The second-order valence-electron chi connectivity index (χ2n) is 17.4. The van der Waals surface area contributed by atoms with Crippen LogP contribution in [0.15, 0.2) is 97.2 Å². The monoisotopic (exact) mass is 903 g/mol. The third kappa shape index (κ3) is 51.2. The lowest BCUT2D eigenvalue weighted by molar-refractivity contribution is -0.167. The average molecular weight is 903 g/mol. The highest BCUT2D eigenvalue weighted by Crippen LogP contribution is 2.14. The molecule has 0 aromatic carbocycles. The molecule has 370 valence electrons. The Morgan fingerprint density at radius 2 is 0.600 bits per heavy atom. The topological polar surface area (TPSA) is 78.9 Å². The highest BCUT2D eigenvalue weighted by Gasteiger charge is 2.19. The predicted octanol–water partition coefficient (Wildman–Crippen LogP) is 17.8. The molecule has 1 atom stereocenters. The average Bonchev–Trinajstić information content (AvgIpc) is 3.30. The Hall–Kier alpha value is -3.67. The van der Waals surface area contributed by atoms with Crippen LogP contribution in [0.3, 0.4) is 0 Å². The van der Waals surface area contributed by atoms with Crippen molar-refractivity contribution in [2.45, 2.75) is 245 Å². The molecule has 0 spiro atoms. The molecule has 65 heavy (non-hydrogen) atoms. The summed E-state index contributed by atoms with van der Waals surface area (Å²) in [5.74, 6) is -0.968. The zero-order valence-electron chi connectivity index (χ0n) is 42.2. The lowest BCUT2D eigenvalue weighted by Crippen LogP contribution is -2.30. The SMILES string of the molecule is CC/C=C\C/C=C\C/C=C\C/C=C\CCCCC(=O)OC(COC(=O)CCCCCCC/C=C\C/C=C\C/C=C\CC)COC(=O)CCCCCCCCC/C=C\CCCCCCCC. The van der Waals surface area contributed by atoms with E-state index in [-0.39, 0.29) is 37.5 Å². The van der Waals surface area contributed by atoms with E-state index < -0.39 is 6.10 Å². The molecule has 0 aliphatic heterocycles. The highest BCUT2D eigenvalue weighted by molar-refractivity contribution is 5.71. The predicted molar refractivity (Wildman–Crippen MR) is 279 cm³/mol. The minimum atomic E-state index is -0.809. The number of carbonyl (C=O) groups is 3. The van der Waals surface area contributed by atoms with E-state index in [1.807, 2.05) is 0 Å². The number of unbranched alkanes of at least 4 members (excludes halogenated alkanes) is 20. The molecule has 0 N–H and O–H groups in total. The van der Waals surface area contributed by atoms with Gasteiger partial charge in [-0.25, -0.2) is 0 Å². The summed E-state index contributed by atoms with van der Waals surface area (Å²) in [6.07, 6.45) is 69.6. The van der Waals surface area contributed by atoms with E-state index in [9.17, 15) is 14.4 Å². The number of hydrogen-bond donors (Lipinski definition) is 0. The molecule has 0 aromatic rings. The first-order valence-corrected chi connectivity index (χ1v) is 26.7.